The molecule has 2 aliphatic heterocycles. The van der Waals surface area contributed by atoms with Gasteiger partial charge in [0.15, 0.2) is 0 Å². The normalized spacial score (nSPS) is 31.6. The summed E-state index contributed by atoms with van der Waals surface area (Å²) in [4.78, 5) is 16.3. The van der Waals surface area contributed by atoms with Crippen LogP contribution < -0.4 is 5.32 Å². The molecule has 0 saturated carbocycles. The number of carbonyl (C=O) groups excluding carboxylic acids is 1. The van der Waals surface area contributed by atoms with Crippen molar-refractivity contribution < 1.29 is 4.79 Å². The van der Waals surface area contributed by atoms with Crippen molar-refractivity contribution in [2.24, 2.45) is 5.92 Å². The minimum absolute atomic E-state index is 0.250. The molecule has 92 valence electrons. The lowest BCUT2D eigenvalue weighted by molar-refractivity contribution is 0.120. The van der Waals surface area contributed by atoms with E-state index in [1.807, 2.05) is 9.80 Å². The lowest BCUT2D eigenvalue weighted by Gasteiger charge is -2.38. The Kier molecular flexibility index (Phi) is 3.69. The molecule has 0 bridgehead atoms. The molecular formula is C12H23N3O. The lowest BCUT2D eigenvalue weighted by atomic mass is 10.0. The smallest absolute Gasteiger partial charge is 0.320 e. The van der Waals surface area contributed by atoms with E-state index in [1.54, 1.807) is 0 Å². The highest BCUT2D eigenvalue weighted by Gasteiger charge is 2.27. The molecule has 4 heteroatoms. The molecule has 2 rings (SSSR count). The van der Waals surface area contributed by atoms with Crippen LogP contribution >= 0.6 is 0 Å². The maximum atomic E-state index is 12.3. The summed E-state index contributed by atoms with van der Waals surface area (Å²) in [6, 6.07) is 0.680. The fourth-order valence-corrected chi connectivity index (χ4v) is 2.67. The van der Waals surface area contributed by atoms with Gasteiger partial charge in [0.1, 0.15) is 0 Å². The van der Waals surface area contributed by atoms with Crippen LogP contribution in [0.25, 0.3) is 0 Å². The first-order valence-corrected chi connectivity index (χ1v) is 6.44. The van der Waals surface area contributed by atoms with Crippen LogP contribution in [0.1, 0.15) is 26.7 Å². The summed E-state index contributed by atoms with van der Waals surface area (Å²) in [5.74, 6) is 0.665. The van der Waals surface area contributed by atoms with Gasteiger partial charge >= 0.3 is 6.03 Å². The van der Waals surface area contributed by atoms with E-state index in [-0.39, 0.29) is 6.03 Å². The van der Waals surface area contributed by atoms with Crippen molar-refractivity contribution in [3.05, 3.63) is 0 Å². The van der Waals surface area contributed by atoms with E-state index < -0.39 is 0 Å². The van der Waals surface area contributed by atoms with Gasteiger partial charge in [0, 0.05) is 38.8 Å². The largest absolute Gasteiger partial charge is 0.324 e. The second-order valence-corrected chi connectivity index (χ2v) is 5.28. The Morgan fingerprint density at radius 3 is 2.62 bits per heavy atom. The molecule has 2 amide bonds. The third-order valence-corrected chi connectivity index (χ3v) is 3.57. The maximum absolute atomic E-state index is 12.3. The molecule has 2 fully saturated rings. The molecule has 16 heavy (non-hydrogen) atoms. The van der Waals surface area contributed by atoms with Crippen LogP contribution in [0.5, 0.6) is 0 Å². The molecule has 2 atom stereocenters. The molecule has 2 saturated heterocycles. The highest BCUT2D eigenvalue weighted by atomic mass is 16.2. The molecule has 0 radical (unpaired) electrons. The lowest BCUT2D eigenvalue weighted by Crippen LogP contribution is -2.56. The van der Waals surface area contributed by atoms with Crippen molar-refractivity contribution in [2.75, 3.05) is 32.7 Å². The third kappa shape index (κ3) is 2.67. The quantitative estimate of drug-likeness (QED) is 0.671. The number of carbonyl (C=O) groups is 1. The Bertz CT molecular complexity index is 233. The van der Waals surface area contributed by atoms with Gasteiger partial charge in [0.05, 0.1) is 0 Å². The van der Waals surface area contributed by atoms with E-state index in [4.69, 9.17) is 0 Å². The summed E-state index contributed by atoms with van der Waals surface area (Å²) in [6.45, 7) is 8.89. The second-order valence-electron chi connectivity index (χ2n) is 5.28. The first-order valence-electron chi connectivity index (χ1n) is 6.44. The number of urea groups is 1. The molecule has 0 spiro atoms. The van der Waals surface area contributed by atoms with Gasteiger partial charge in [0.2, 0.25) is 0 Å². The first-order chi connectivity index (χ1) is 7.66. The van der Waals surface area contributed by atoms with Crippen LogP contribution in [0.3, 0.4) is 0 Å². The molecular weight excluding hydrogens is 202 g/mol. The van der Waals surface area contributed by atoms with Crippen molar-refractivity contribution in [1.29, 1.82) is 0 Å². The number of rotatable bonds is 0. The molecule has 2 aliphatic rings. The minimum atomic E-state index is 0.250. The Hall–Kier alpha value is -0.770. The highest BCUT2D eigenvalue weighted by molar-refractivity contribution is 5.74. The molecule has 1 N–H and O–H groups in total. The Labute approximate surface area is 98.0 Å². The predicted octanol–water partition coefficient (Wildman–Crippen LogP) is 1.13. The molecule has 0 aromatic carbocycles. The second kappa shape index (κ2) is 5.04. The summed E-state index contributed by atoms with van der Waals surface area (Å²) >= 11 is 0. The van der Waals surface area contributed by atoms with Gasteiger partial charge < -0.3 is 15.1 Å². The zero-order valence-corrected chi connectivity index (χ0v) is 10.4. The van der Waals surface area contributed by atoms with Crippen molar-refractivity contribution in [2.45, 2.75) is 32.7 Å². The fourth-order valence-electron chi connectivity index (χ4n) is 2.67. The maximum Gasteiger partial charge on any atom is 0.320 e. The molecule has 0 aliphatic carbocycles. The first kappa shape index (κ1) is 11.7. The van der Waals surface area contributed by atoms with Crippen LogP contribution in [0.4, 0.5) is 4.79 Å². The van der Waals surface area contributed by atoms with Gasteiger partial charge in [-0.3, -0.25) is 0 Å². The SMILES string of the molecule is CC1CCCN(C(=O)N2CCN[C@@H](C)C2)C1. The van der Waals surface area contributed by atoms with E-state index in [2.05, 4.69) is 19.2 Å². The average Bonchev–Trinajstić information content (AvgIpc) is 2.28. The third-order valence-electron chi connectivity index (χ3n) is 3.57. The summed E-state index contributed by atoms with van der Waals surface area (Å²) in [6.07, 6.45) is 2.43. The van der Waals surface area contributed by atoms with Gasteiger partial charge in [-0.1, -0.05) is 6.92 Å². The fraction of sp³-hybridized carbons (Fsp3) is 0.917. The van der Waals surface area contributed by atoms with E-state index in [1.165, 1.54) is 6.42 Å². The Morgan fingerprint density at radius 2 is 1.94 bits per heavy atom. The average molecular weight is 225 g/mol. The van der Waals surface area contributed by atoms with E-state index >= 15 is 0 Å². The van der Waals surface area contributed by atoms with Gasteiger partial charge in [-0.05, 0) is 25.7 Å². The molecule has 2 heterocycles. The number of hydrogen-bond donors (Lipinski definition) is 1. The zero-order valence-electron chi connectivity index (χ0n) is 10.4. The van der Waals surface area contributed by atoms with Gasteiger partial charge in [0.25, 0.3) is 0 Å². The molecule has 0 aromatic rings. The van der Waals surface area contributed by atoms with Gasteiger partial charge in [-0.2, -0.15) is 0 Å². The van der Waals surface area contributed by atoms with E-state index in [0.717, 1.165) is 39.1 Å². The van der Waals surface area contributed by atoms with Gasteiger partial charge in [-0.15, -0.1) is 0 Å². The highest BCUT2D eigenvalue weighted by Crippen LogP contribution is 2.17. The van der Waals surface area contributed by atoms with Crippen molar-refractivity contribution in [1.82, 2.24) is 15.1 Å². The van der Waals surface area contributed by atoms with Crippen LogP contribution in [-0.2, 0) is 0 Å². The van der Waals surface area contributed by atoms with Crippen LogP contribution in [0.2, 0.25) is 0 Å². The minimum Gasteiger partial charge on any atom is -0.324 e. The summed E-state index contributed by atoms with van der Waals surface area (Å²) in [5, 5.41) is 3.37. The Morgan fingerprint density at radius 1 is 1.19 bits per heavy atom. The number of nitrogens with one attached hydrogen (secondary N) is 1. The van der Waals surface area contributed by atoms with Crippen LogP contribution in [-0.4, -0.2) is 54.6 Å². The van der Waals surface area contributed by atoms with Crippen LogP contribution in [0, 0.1) is 5.92 Å². The van der Waals surface area contributed by atoms with Gasteiger partial charge in [-0.25, -0.2) is 4.79 Å². The number of likely N-dealkylation sites (tertiary alicyclic amines) is 1. The molecule has 1 unspecified atom stereocenters. The van der Waals surface area contributed by atoms with Crippen LogP contribution in [0.15, 0.2) is 0 Å². The summed E-state index contributed by atoms with van der Waals surface area (Å²) in [5.41, 5.74) is 0. The number of piperazine rings is 1. The zero-order chi connectivity index (χ0) is 11.5. The molecule has 4 nitrogen and oxygen atoms in total. The number of hydrogen-bond acceptors (Lipinski definition) is 2. The van der Waals surface area contributed by atoms with Crippen molar-refractivity contribution in [3.63, 3.8) is 0 Å². The van der Waals surface area contributed by atoms with Crippen molar-refractivity contribution >= 4 is 6.03 Å². The monoisotopic (exact) mass is 225 g/mol. The number of piperidine rings is 1. The topological polar surface area (TPSA) is 35.6 Å². The Balaban J connectivity index is 1.90. The predicted molar refractivity (Wildman–Crippen MR) is 64.4 cm³/mol. The standard InChI is InChI=1S/C12H23N3O/c1-10-4-3-6-14(8-10)12(16)15-7-5-13-11(2)9-15/h10-11,13H,3-9H2,1-2H3/t10?,11-/m0/s1. The van der Waals surface area contributed by atoms with E-state index in [9.17, 15) is 4.79 Å². The number of nitrogens with zero attached hydrogens (tertiary/aromatic N) is 2. The van der Waals surface area contributed by atoms with E-state index in [0.29, 0.717) is 12.0 Å². The van der Waals surface area contributed by atoms with Crippen molar-refractivity contribution in [3.8, 4) is 0 Å². The molecule has 0 aromatic heterocycles. The number of amides is 2. The summed E-state index contributed by atoms with van der Waals surface area (Å²) < 4.78 is 0. The summed E-state index contributed by atoms with van der Waals surface area (Å²) in [7, 11) is 0.